The van der Waals surface area contributed by atoms with Crippen LogP contribution in [0, 0.1) is 5.92 Å². The number of nitrogens with zero attached hydrogens (tertiary/aromatic N) is 1. The molecule has 2 rings (SSSR count). The average Bonchev–Trinajstić information content (AvgIpc) is 2.96. The van der Waals surface area contributed by atoms with E-state index in [2.05, 4.69) is 22.6 Å². The lowest BCUT2D eigenvalue weighted by molar-refractivity contribution is 0.434. The van der Waals surface area contributed by atoms with Crippen molar-refractivity contribution in [1.82, 2.24) is 10.3 Å². The summed E-state index contributed by atoms with van der Waals surface area (Å²) in [5.74, 6) is 0.973. The van der Waals surface area contributed by atoms with Crippen LogP contribution in [-0.4, -0.2) is 17.6 Å². The first-order chi connectivity index (χ1) is 7.40. The van der Waals surface area contributed by atoms with Crippen molar-refractivity contribution in [3.8, 4) is 0 Å². The van der Waals surface area contributed by atoms with Crippen molar-refractivity contribution in [2.24, 2.45) is 5.92 Å². The van der Waals surface area contributed by atoms with Crippen LogP contribution in [0.1, 0.15) is 37.6 Å². The molecule has 1 aliphatic rings. The second-order valence-electron chi connectivity index (χ2n) is 4.36. The van der Waals surface area contributed by atoms with Crippen molar-refractivity contribution in [1.29, 1.82) is 0 Å². The zero-order chi connectivity index (χ0) is 10.5. The molecule has 1 aliphatic carbocycles. The lowest BCUT2D eigenvalue weighted by Crippen LogP contribution is -2.32. The molecule has 1 atom stereocenters. The Morgan fingerprint density at radius 1 is 1.60 bits per heavy atom. The number of thiazole rings is 1. The normalized spacial score (nSPS) is 17.9. The van der Waals surface area contributed by atoms with Crippen molar-refractivity contribution >= 4 is 11.3 Å². The highest BCUT2D eigenvalue weighted by Gasteiger charge is 2.29. The Bertz CT molecular complexity index is 267. The smallest absolute Gasteiger partial charge is 0.0937 e. The fourth-order valence-corrected chi connectivity index (χ4v) is 2.68. The molecule has 15 heavy (non-hydrogen) atoms. The Labute approximate surface area is 96.1 Å². The van der Waals surface area contributed by atoms with Crippen LogP contribution >= 0.6 is 11.3 Å². The van der Waals surface area contributed by atoms with Crippen LogP contribution in [0.5, 0.6) is 0 Å². The van der Waals surface area contributed by atoms with E-state index in [1.807, 2.05) is 6.20 Å². The molecule has 3 heteroatoms. The third-order valence-electron chi connectivity index (χ3n) is 3.02. The predicted octanol–water partition coefficient (Wildman–Crippen LogP) is 2.85. The van der Waals surface area contributed by atoms with Gasteiger partial charge in [0.1, 0.15) is 0 Å². The van der Waals surface area contributed by atoms with E-state index >= 15 is 0 Å². The molecule has 0 spiro atoms. The topological polar surface area (TPSA) is 24.9 Å². The van der Waals surface area contributed by atoms with Gasteiger partial charge in [0.25, 0.3) is 0 Å². The standard InChI is InChI=1S/C12H20N2S/c1-2-3-11(10-4-5-10)13-7-6-12-14-8-9-15-12/h8-11,13H,2-7H2,1H3. The van der Waals surface area contributed by atoms with Crippen LogP contribution in [-0.2, 0) is 6.42 Å². The van der Waals surface area contributed by atoms with Crippen molar-refractivity contribution in [2.45, 2.75) is 45.1 Å². The minimum Gasteiger partial charge on any atom is -0.313 e. The van der Waals surface area contributed by atoms with Gasteiger partial charge < -0.3 is 5.32 Å². The third-order valence-corrected chi connectivity index (χ3v) is 3.86. The van der Waals surface area contributed by atoms with Gasteiger partial charge in [-0.05, 0) is 25.2 Å². The fourth-order valence-electron chi connectivity index (χ4n) is 2.05. The zero-order valence-corrected chi connectivity index (χ0v) is 10.2. The Morgan fingerprint density at radius 2 is 2.47 bits per heavy atom. The van der Waals surface area contributed by atoms with Crippen LogP contribution in [0.15, 0.2) is 11.6 Å². The van der Waals surface area contributed by atoms with E-state index in [1.165, 1.54) is 30.7 Å². The van der Waals surface area contributed by atoms with Gasteiger partial charge in [0, 0.05) is 30.6 Å². The van der Waals surface area contributed by atoms with E-state index in [4.69, 9.17) is 0 Å². The molecule has 1 aromatic heterocycles. The largest absolute Gasteiger partial charge is 0.313 e. The molecular weight excluding hydrogens is 204 g/mol. The minimum absolute atomic E-state index is 0.773. The highest BCUT2D eigenvalue weighted by Crippen LogP contribution is 2.34. The Hall–Kier alpha value is -0.410. The van der Waals surface area contributed by atoms with Gasteiger partial charge in [-0.3, -0.25) is 0 Å². The summed E-state index contributed by atoms with van der Waals surface area (Å²) in [5, 5.41) is 7.00. The van der Waals surface area contributed by atoms with Crippen molar-refractivity contribution < 1.29 is 0 Å². The highest BCUT2D eigenvalue weighted by atomic mass is 32.1. The zero-order valence-electron chi connectivity index (χ0n) is 9.41. The summed E-state index contributed by atoms with van der Waals surface area (Å²) < 4.78 is 0. The van der Waals surface area contributed by atoms with E-state index in [0.29, 0.717) is 0 Å². The van der Waals surface area contributed by atoms with Gasteiger partial charge in [-0.2, -0.15) is 0 Å². The first kappa shape index (κ1) is 11.1. The molecule has 1 aromatic rings. The Balaban J connectivity index is 1.66. The lowest BCUT2D eigenvalue weighted by atomic mass is 10.1. The number of nitrogens with one attached hydrogen (secondary N) is 1. The van der Waals surface area contributed by atoms with Crippen LogP contribution in [0.2, 0.25) is 0 Å². The number of rotatable bonds is 7. The van der Waals surface area contributed by atoms with Crippen LogP contribution < -0.4 is 5.32 Å². The van der Waals surface area contributed by atoms with E-state index in [0.717, 1.165) is 24.9 Å². The summed E-state index contributed by atoms with van der Waals surface area (Å²) in [4.78, 5) is 4.30. The molecule has 0 saturated heterocycles. The van der Waals surface area contributed by atoms with E-state index in [-0.39, 0.29) is 0 Å². The lowest BCUT2D eigenvalue weighted by Gasteiger charge is -2.16. The average molecular weight is 224 g/mol. The SMILES string of the molecule is CCCC(NCCc1nccs1)C1CC1. The quantitative estimate of drug-likeness (QED) is 0.770. The molecule has 0 aromatic carbocycles. The van der Waals surface area contributed by atoms with Gasteiger partial charge in [-0.1, -0.05) is 13.3 Å². The molecule has 2 nitrogen and oxygen atoms in total. The number of aromatic nitrogens is 1. The van der Waals surface area contributed by atoms with Gasteiger partial charge in [-0.15, -0.1) is 11.3 Å². The monoisotopic (exact) mass is 224 g/mol. The van der Waals surface area contributed by atoms with Gasteiger partial charge >= 0.3 is 0 Å². The molecule has 84 valence electrons. The molecule has 1 unspecified atom stereocenters. The Morgan fingerprint density at radius 3 is 3.07 bits per heavy atom. The fraction of sp³-hybridized carbons (Fsp3) is 0.750. The molecule has 1 heterocycles. The maximum Gasteiger partial charge on any atom is 0.0937 e. The van der Waals surface area contributed by atoms with Crippen molar-refractivity contribution in [3.05, 3.63) is 16.6 Å². The predicted molar refractivity (Wildman–Crippen MR) is 65.2 cm³/mol. The Kier molecular flexibility index (Phi) is 4.15. The van der Waals surface area contributed by atoms with Crippen molar-refractivity contribution in [2.75, 3.05) is 6.54 Å². The molecule has 0 bridgehead atoms. The minimum atomic E-state index is 0.773. The number of hydrogen-bond donors (Lipinski definition) is 1. The summed E-state index contributed by atoms with van der Waals surface area (Å²) >= 11 is 1.76. The van der Waals surface area contributed by atoms with Gasteiger partial charge in [0.05, 0.1) is 5.01 Å². The molecule has 0 aliphatic heterocycles. The summed E-state index contributed by atoms with van der Waals surface area (Å²) in [6.45, 7) is 3.37. The molecule has 1 fully saturated rings. The van der Waals surface area contributed by atoms with Crippen LogP contribution in [0.3, 0.4) is 0 Å². The summed E-state index contributed by atoms with van der Waals surface area (Å²) in [7, 11) is 0. The van der Waals surface area contributed by atoms with Gasteiger partial charge in [0.15, 0.2) is 0 Å². The second kappa shape index (κ2) is 5.61. The van der Waals surface area contributed by atoms with E-state index in [9.17, 15) is 0 Å². The maximum absolute atomic E-state index is 4.30. The van der Waals surface area contributed by atoms with Gasteiger partial charge in [0.2, 0.25) is 0 Å². The molecule has 1 saturated carbocycles. The molecule has 1 N–H and O–H groups in total. The third kappa shape index (κ3) is 3.58. The molecule has 0 radical (unpaired) electrons. The summed E-state index contributed by atoms with van der Waals surface area (Å²) in [6.07, 6.45) is 8.49. The maximum atomic E-state index is 4.30. The molecule has 0 amide bonds. The second-order valence-corrected chi connectivity index (χ2v) is 5.34. The van der Waals surface area contributed by atoms with Crippen molar-refractivity contribution in [3.63, 3.8) is 0 Å². The molecular formula is C12H20N2S. The first-order valence-corrected chi connectivity index (χ1v) is 6.90. The first-order valence-electron chi connectivity index (χ1n) is 6.02. The van der Waals surface area contributed by atoms with E-state index < -0.39 is 0 Å². The number of hydrogen-bond acceptors (Lipinski definition) is 3. The van der Waals surface area contributed by atoms with Crippen LogP contribution in [0.4, 0.5) is 0 Å². The highest BCUT2D eigenvalue weighted by molar-refractivity contribution is 7.09. The van der Waals surface area contributed by atoms with Crippen LogP contribution in [0.25, 0.3) is 0 Å². The summed E-state index contributed by atoms with van der Waals surface area (Å²) in [5.41, 5.74) is 0. The van der Waals surface area contributed by atoms with E-state index in [1.54, 1.807) is 11.3 Å². The van der Waals surface area contributed by atoms with Gasteiger partial charge in [-0.25, -0.2) is 4.98 Å². The summed E-state index contributed by atoms with van der Waals surface area (Å²) in [6, 6.07) is 0.773.